The maximum atomic E-state index is 13.3. The van der Waals surface area contributed by atoms with E-state index < -0.39 is 15.9 Å². The minimum Gasteiger partial charge on any atom is -0.362 e. The molecule has 146 valence electrons. The monoisotopic (exact) mass is 396 g/mol. The van der Waals surface area contributed by atoms with Gasteiger partial charge in [-0.2, -0.15) is 0 Å². The molecular weight excluding hydrogens is 372 g/mol. The van der Waals surface area contributed by atoms with E-state index in [9.17, 15) is 13.2 Å². The van der Waals surface area contributed by atoms with E-state index in [0.717, 1.165) is 30.8 Å². The van der Waals surface area contributed by atoms with Crippen LogP contribution >= 0.6 is 0 Å². The van der Waals surface area contributed by atoms with Crippen molar-refractivity contribution in [2.45, 2.75) is 25.8 Å². The van der Waals surface area contributed by atoms with Crippen molar-refractivity contribution in [3.05, 3.63) is 71.1 Å². The Labute approximate surface area is 166 Å². The zero-order valence-corrected chi connectivity index (χ0v) is 16.7. The van der Waals surface area contributed by atoms with Crippen LogP contribution in [0.1, 0.15) is 17.5 Å². The lowest BCUT2D eigenvalue weighted by Crippen LogP contribution is -2.47. The molecule has 2 aromatic carbocycles. The van der Waals surface area contributed by atoms with E-state index in [1.165, 1.54) is 16.5 Å². The van der Waals surface area contributed by atoms with Gasteiger partial charge in [0.05, 0.1) is 18.3 Å². The predicted octanol–water partition coefficient (Wildman–Crippen LogP) is 3.09. The SMILES string of the molecule is Cc1ccc2c(c1)CCCN2CC(=O)N(c1ccccc1)[C@@H]1C=CS(=O)(=O)C1. The molecule has 2 aliphatic rings. The van der Waals surface area contributed by atoms with E-state index in [1.807, 2.05) is 30.3 Å². The second kappa shape index (κ2) is 7.43. The molecule has 2 aromatic rings. The number of carbonyl (C=O) groups excluding carboxylic acids is 1. The van der Waals surface area contributed by atoms with Gasteiger partial charge in [-0.05, 0) is 49.6 Å². The Bertz CT molecular complexity index is 1020. The number of amides is 1. The molecule has 0 aliphatic carbocycles. The van der Waals surface area contributed by atoms with Crippen LogP contribution in [0.3, 0.4) is 0 Å². The third-order valence-corrected chi connectivity index (χ3v) is 6.70. The summed E-state index contributed by atoms with van der Waals surface area (Å²) in [5.41, 5.74) is 4.32. The van der Waals surface area contributed by atoms with E-state index in [2.05, 4.69) is 30.0 Å². The fourth-order valence-electron chi connectivity index (χ4n) is 4.04. The fourth-order valence-corrected chi connectivity index (χ4v) is 5.30. The number of sulfone groups is 1. The van der Waals surface area contributed by atoms with Crippen molar-refractivity contribution in [2.75, 3.05) is 28.6 Å². The molecule has 1 amide bonds. The molecular formula is C22H24N2O3S. The lowest BCUT2D eigenvalue weighted by Gasteiger charge is -2.34. The number of aryl methyl sites for hydroxylation is 2. The summed E-state index contributed by atoms with van der Waals surface area (Å²) >= 11 is 0. The quantitative estimate of drug-likeness (QED) is 0.797. The average Bonchev–Trinajstić information content (AvgIpc) is 3.02. The van der Waals surface area contributed by atoms with Gasteiger partial charge in [-0.3, -0.25) is 4.79 Å². The summed E-state index contributed by atoms with van der Waals surface area (Å²) < 4.78 is 23.9. The van der Waals surface area contributed by atoms with Crippen LogP contribution in [0.2, 0.25) is 0 Å². The van der Waals surface area contributed by atoms with Crippen molar-refractivity contribution in [3.63, 3.8) is 0 Å². The predicted molar refractivity (Wildman–Crippen MR) is 112 cm³/mol. The molecule has 0 saturated carbocycles. The molecule has 0 fully saturated rings. The van der Waals surface area contributed by atoms with E-state index in [4.69, 9.17) is 0 Å². The van der Waals surface area contributed by atoms with Gasteiger partial charge in [0, 0.05) is 23.3 Å². The van der Waals surface area contributed by atoms with E-state index >= 15 is 0 Å². The number of para-hydroxylation sites is 1. The van der Waals surface area contributed by atoms with Gasteiger partial charge in [0.15, 0.2) is 9.84 Å². The maximum absolute atomic E-state index is 13.3. The summed E-state index contributed by atoms with van der Waals surface area (Å²) in [5.74, 6) is -0.157. The Kier molecular flexibility index (Phi) is 4.98. The fraction of sp³-hybridized carbons (Fsp3) is 0.318. The highest BCUT2D eigenvalue weighted by Gasteiger charge is 2.32. The summed E-state index contributed by atoms with van der Waals surface area (Å²) in [6.45, 7) is 3.13. The Morgan fingerprint density at radius 1 is 1.18 bits per heavy atom. The molecule has 2 heterocycles. The van der Waals surface area contributed by atoms with Crippen LogP contribution in [0.25, 0.3) is 0 Å². The van der Waals surface area contributed by atoms with Crippen LogP contribution in [0, 0.1) is 6.92 Å². The Morgan fingerprint density at radius 3 is 2.68 bits per heavy atom. The van der Waals surface area contributed by atoms with Crippen molar-refractivity contribution in [3.8, 4) is 0 Å². The maximum Gasteiger partial charge on any atom is 0.247 e. The molecule has 28 heavy (non-hydrogen) atoms. The summed E-state index contributed by atoms with van der Waals surface area (Å²) in [4.78, 5) is 17.1. The summed E-state index contributed by atoms with van der Waals surface area (Å²) in [6.07, 6.45) is 3.65. The zero-order valence-electron chi connectivity index (χ0n) is 15.9. The van der Waals surface area contributed by atoms with Crippen molar-refractivity contribution >= 4 is 27.1 Å². The number of hydrogen-bond acceptors (Lipinski definition) is 4. The number of carbonyl (C=O) groups is 1. The highest BCUT2D eigenvalue weighted by Crippen LogP contribution is 2.29. The van der Waals surface area contributed by atoms with Crippen molar-refractivity contribution < 1.29 is 13.2 Å². The third-order valence-electron chi connectivity index (χ3n) is 5.32. The van der Waals surface area contributed by atoms with Crippen LogP contribution in [-0.2, 0) is 21.1 Å². The first-order valence-electron chi connectivity index (χ1n) is 9.55. The molecule has 0 unspecified atom stereocenters. The van der Waals surface area contributed by atoms with E-state index in [0.29, 0.717) is 0 Å². The van der Waals surface area contributed by atoms with Crippen molar-refractivity contribution in [1.29, 1.82) is 0 Å². The number of hydrogen-bond donors (Lipinski definition) is 0. The minimum atomic E-state index is -3.26. The molecule has 0 aromatic heterocycles. The average molecular weight is 397 g/mol. The second-order valence-corrected chi connectivity index (χ2v) is 9.41. The van der Waals surface area contributed by atoms with Gasteiger partial charge in [0.1, 0.15) is 0 Å². The molecule has 5 nitrogen and oxygen atoms in total. The summed E-state index contributed by atoms with van der Waals surface area (Å²) in [7, 11) is -3.26. The molecule has 0 N–H and O–H groups in total. The first-order valence-corrected chi connectivity index (χ1v) is 11.3. The summed E-state index contributed by atoms with van der Waals surface area (Å²) in [5, 5.41) is 1.22. The van der Waals surface area contributed by atoms with Crippen molar-refractivity contribution in [1.82, 2.24) is 0 Å². The molecule has 0 bridgehead atoms. The van der Waals surface area contributed by atoms with Gasteiger partial charge in [-0.1, -0.05) is 35.9 Å². The van der Waals surface area contributed by atoms with Gasteiger partial charge < -0.3 is 9.80 Å². The Balaban J connectivity index is 1.62. The number of benzene rings is 2. The molecule has 6 heteroatoms. The van der Waals surface area contributed by atoms with Crippen LogP contribution in [0.5, 0.6) is 0 Å². The normalized spacial score (nSPS) is 20.0. The van der Waals surface area contributed by atoms with Gasteiger partial charge in [0.25, 0.3) is 0 Å². The third kappa shape index (κ3) is 3.83. The second-order valence-electron chi connectivity index (χ2n) is 7.48. The zero-order chi connectivity index (χ0) is 19.7. The largest absolute Gasteiger partial charge is 0.362 e. The van der Waals surface area contributed by atoms with Crippen LogP contribution in [0.4, 0.5) is 11.4 Å². The van der Waals surface area contributed by atoms with Crippen LogP contribution in [-0.4, -0.2) is 39.2 Å². The smallest absolute Gasteiger partial charge is 0.247 e. The van der Waals surface area contributed by atoms with Gasteiger partial charge in [0.2, 0.25) is 5.91 Å². The highest BCUT2D eigenvalue weighted by atomic mass is 32.2. The van der Waals surface area contributed by atoms with Crippen molar-refractivity contribution in [2.24, 2.45) is 0 Å². The van der Waals surface area contributed by atoms with Crippen LogP contribution in [0.15, 0.2) is 60.0 Å². The lowest BCUT2D eigenvalue weighted by atomic mass is 9.99. The number of nitrogens with zero attached hydrogens (tertiary/aromatic N) is 2. The minimum absolute atomic E-state index is 0.0661. The number of fused-ring (bicyclic) bond motifs is 1. The topological polar surface area (TPSA) is 57.7 Å². The summed E-state index contributed by atoms with van der Waals surface area (Å²) in [6, 6.07) is 15.2. The van der Waals surface area contributed by atoms with E-state index in [1.54, 1.807) is 11.0 Å². The van der Waals surface area contributed by atoms with Gasteiger partial charge >= 0.3 is 0 Å². The molecule has 2 aliphatic heterocycles. The van der Waals surface area contributed by atoms with E-state index in [-0.39, 0.29) is 18.2 Å². The first kappa shape index (κ1) is 18.7. The van der Waals surface area contributed by atoms with Gasteiger partial charge in [-0.15, -0.1) is 0 Å². The molecule has 4 rings (SSSR count). The standard InChI is InChI=1S/C22H24N2O3S/c1-17-9-10-21-18(14-17)6-5-12-23(21)15-22(25)24(19-7-3-2-4-8-19)20-11-13-28(26,27)16-20/h2-4,7-11,13-14,20H,5-6,12,15-16H2,1H3/t20-/m1/s1. The lowest BCUT2D eigenvalue weighted by molar-refractivity contribution is -0.117. The van der Waals surface area contributed by atoms with Crippen LogP contribution < -0.4 is 9.80 Å². The molecule has 0 spiro atoms. The van der Waals surface area contributed by atoms with Gasteiger partial charge in [-0.25, -0.2) is 8.42 Å². The highest BCUT2D eigenvalue weighted by molar-refractivity contribution is 7.94. The number of rotatable bonds is 4. The number of anilines is 2. The molecule has 0 radical (unpaired) electrons. The molecule has 1 atom stereocenters. The molecule has 0 saturated heterocycles. The Morgan fingerprint density at radius 2 is 1.96 bits per heavy atom. The Hall–Kier alpha value is -2.60. The first-order chi connectivity index (χ1) is 13.4.